The molecule has 2 aromatic carbocycles. The zero-order valence-electron chi connectivity index (χ0n) is 20.5. The SMILES string of the molecule is OCCCCCCCCOc1ccc(N=Nc2ccc(OCCCCCCCCO)cc2)cc1. The van der Waals surface area contributed by atoms with E-state index in [1.807, 2.05) is 48.5 Å². The first-order chi connectivity index (χ1) is 16.8. The van der Waals surface area contributed by atoms with Crippen LogP contribution in [0.4, 0.5) is 11.4 Å². The molecule has 0 amide bonds. The summed E-state index contributed by atoms with van der Waals surface area (Å²) in [6.07, 6.45) is 13.2. The van der Waals surface area contributed by atoms with Crippen molar-refractivity contribution < 1.29 is 19.7 Å². The fourth-order valence-corrected chi connectivity index (χ4v) is 3.56. The molecular formula is C28H42N2O4. The van der Waals surface area contributed by atoms with E-state index in [1.165, 1.54) is 25.7 Å². The number of benzene rings is 2. The van der Waals surface area contributed by atoms with E-state index < -0.39 is 0 Å². The number of hydrogen-bond donors (Lipinski definition) is 2. The quantitative estimate of drug-likeness (QED) is 0.155. The first-order valence-corrected chi connectivity index (χ1v) is 12.9. The number of azo groups is 1. The van der Waals surface area contributed by atoms with Crippen LogP contribution in [0, 0.1) is 0 Å². The van der Waals surface area contributed by atoms with Gasteiger partial charge in [0, 0.05) is 13.2 Å². The number of rotatable bonds is 20. The lowest BCUT2D eigenvalue weighted by Gasteiger charge is -2.06. The molecule has 0 unspecified atom stereocenters. The summed E-state index contributed by atoms with van der Waals surface area (Å²) in [6.45, 7) is 2.04. The number of ether oxygens (including phenoxy) is 2. The Hall–Kier alpha value is -2.44. The zero-order valence-corrected chi connectivity index (χ0v) is 20.5. The molecule has 2 N–H and O–H groups in total. The van der Waals surface area contributed by atoms with Crippen LogP contribution in [0.5, 0.6) is 11.5 Å². The molecule has 0 aliphatic rings. The molecule has 0 fully saturated rings. The highest BCUT2D eigenvalue weighted by atomic mass is 16.5. The maximum absolute atomic E-state index is 8.77. The van der Waals surface area contributed by atoms with Crippen molar-refractivity contribution in [1.82, 2.24) is 0 Å². The summed E-state index contributed by atoms with van der Waals surface area (Å²) in [6, 6.07) is 15.4. The van der Waals surface area contributed by atoms with E-state index in [1.54, 1.807) is 0 Å². The van der Waals surface area contributed by atoms with Gasteiger partial charge in [0.05, 0.1) is 24.6 Å². The Morgan fingerprint density at radius 1 is 0.441 bits per heavy atom. The van der Waals surface area contributed by atoms with Gasteiger partial charge in [-0.1, -0.05) is 51.4 Å². The third-order valence-corrected chi connectivity index (χ3v) is 5.60. The van der Waals surface area contributed by atoms with E-state index in [-0.39, 0.29) is 0 Å². The van der Waals surface area contributed by atoms with Gasteiger partial charge in [0.1, 0.15) is 11.5 Å². The lowest BCUT2D eigenvalue weighted by atomic mass is 10.1. The summed E-state index contributed by atoms with van der Waals surface area (Å²) >= 11 is 0. The Morgan fingerprint density at radius 3 is 1.12 bits per heavy atom. The molecule has 2 aromatic rings. The highest BCUT2D eigenvalue weighted by molar-refractivity contribution is 5.44. The van der Waals surface area contributed by atoms with Gasteiger partial charge in [0.2, 0.25) is 0 Å². The normalized spacial score (nSPS) is 11.2. The summed E-state index contributed by atoms with van der Waals surface area (Å²) in [5.74, 6) is 1.71. The number of hydrogen-bond acceptors (Lipinski definition) is 6. The molecule has 188 valence electrons. The highest BCUT2D eigenvalue weighted by Gasteiger charge is 1.98. The zero-order chi connectivity index (χ0) is 24.1. The van der Waals surface area contributed by atoms with Crippen molar-refractivity contribution >= 4 is 11.4 Å². The van der Waals surface area contributed by atoms with E-state index in [0.717, 1.165) is 87.5 Å². The van der Waals surface area contributed by atoms with Crippen molar-refractivity contribution in [2.24, 2.45) is 10.2 Å². The second-order valence-electron chi connectivity index (χ2n) is 8.57. The first kappa shape index (κ1) is 27.8. The third kappa shape index (κ3) is 13.3. The standard InChI is InChI=1S/C28H42N2O4/c31-21-9-5-1-3-7-11-23-33-27-17-13-25(14-18-27)29-30-26-15-19-28(20-16-26)34-24-12-8-4-2-6-10-22-32/h13-20,31-32H,1-12,21-24H2. The van der Waals surface area contributed by atoms with Crippen LogP contribution in [0.25, 0.3) is 0 Å². The first-order valence-electron chi connectivity index (χ1n) is 12.9. The molecule has 0 aliphatic carbocycles. The highest BCUT2D eigenvalue weighted by Crippen LogP contribution is 2.23. The minimum Gasteiger partial charge on any atom is -0.494 e. The van der Waals surface area contributed by atoms with Crippen molar-refractivity contribution in [1.29, 1.82) is 0 Å². The molecular weight excluding hydrogens is 428 g/mol. The minimum atomic E-state index is 0.300. The van der Waals surface area contributed by atoms with Gasteiger partial charge in [-0.25, -0.2) is 0 Å². The largest absolute Gasteiger partial charge is 0.494 e. The summed E-state index contributed by atoms with van der Waals surface area (Å²) < 4.78 is 11.6. The number of aliphatic hydroxyl groups is 2. The molecule has 0 aliphatic heterocycles. The maximum atomic E-state index is 8.77. The number of aliphatic hydroxyl groups excluding tert-OH is 2. The Bertz CT molecular complexity index is 697. The molecule has 0 bridgehead atoms. The topological polar surface area (TPSA) is 83.6 Å². The van der Waals surface area contributed by atoms with Crippen molar-refractivity contribution in [2.75, 3.05) is 26.4 Å². The van der Waals surface area contributed by atoms with Crippen LogP contribution in [0.3, 0.4) is 0 Å². The Morgan fingerprint density at radius 2 is 0.765 bits per heavy atom. The average molecular weight is 471 g/mol. The summed E-state index contributed by atoms with van der Waals surface area (Å²) in [5, 5.41) is 26.2. The maximum Gasteiger partial charge on any atom is 0.119 e. The predicted octanol–water partition coefficient (Wildman–Crippen LogP) is 7.53. The van der Waals surface area contributed by atoms with Crippen LogP contribution in [0.2, 0.25) is 0 Å². The van der Waals surface area contributed by atoms with Gasteiger partial charge in [-0.05, 0) is 74.2 Å². The van der Waals surface area contributed by atoms with E-state index in [4.69, 9.17) is 19.7 Å². The van der Waals surface area contributed by atoms with Crippen LogP contribution in [-0.2, 0) is 0 Å². The van der Waals surface area contributed by atoms with Gasteiger partial charge in [-0.15, -0.1) is 0 Å². The van der Waals surface area contributed by atoms with E-state index in [0.29, 0.717) is 13.2 Å². The van der Waals surface area contributed by atoms with Crippen LogP contribution < -0.4 is 9.47 Å². The Kier molecular flexibility index (Phi) is 15.5. The van der Waals surface area contributed by atoms with Crippen LogP contribution in [0.1, 0.15) is 77.0 Å². The molecule has 0 spiro atoms. The van der Waals surface area contributed by atoms with Gasteiger partial charge in [-0.2, -0.15) is 10.2 Å². The molecule has 0 saturated heterocycles. The van der Waals surface area contributed by atoms with Gasteiger partial charge < -0.3 is 19.7 Å². The van der Waals surface area contributed by atoms with Gasteiger partial charge in [0.15, 0.2) is 0 Å². The molecule has 0 radical (unpaired) electrons. The van der Waals surface area contributed by atoms with Crippen molar-refractivity contribution in [3.63, 3.8) is 0 Å². The second kappa shape index (κ2) is 18.9. The molecule has 0 atom stereocenters. The van der Waals surface area contributed by atoms with Crippen LogP contribution >= 0.6 is 0 Å². The van der Waals surface area contributed by atoms with Crippen LogP contribution in [0.15, 0.2) is 58.8 Å². The Labute approximate surface area is 205 Å². The number of nitrogens with zero attached hydrogens (tertiary/aromatic N) is 2. The van der Waals surface area contributed by atoms with Gasteiger partial charge in [-0.3, -0.25) is 0 Å². The lowest BCUT2D eigenvalue weighted by molar-refractivity contribution is 0.280. The molecule has 0 heterocycles. The fourth-order valence-electron chi connectivity index (χ4n) is 3.56. The molecule has 6 nitrogen and oxygen atoms in total. The summed E-state index contributed by atoms with van der Waals surface area (Å²) in [4.78, 5) is 0. The smallest absolute Gasteiger partial charge is 0.119 e. The van der Waals surface area contributed by atoms with E-state index in [9.17, 15) is 0 Å². The van der Waals surface area contributed by atoms with Gasteiger partial charge in [0.25, 0.3) is 0 Å². The van der Waals surface area contributed by atoms with Crippen molar-refractivity contribution in [3.05, 3.63) is 48.5 Å². The van der Waals surface area contributed by atoms with Crippen molar-refractivity contribution in [3.8, 4) is 11.5 Å². The summed E-state index contributed by atoms with van der Waals surface area (Å²) in [5.41, 5.74) is 1.58. The average Bonchev–Trinajstić information content (AvgIpc) is 2.87. The molecule has 34 heavy (non-hydrogen) atoms. The predicted molar refractivity (Wildman–Crippen MR) is 138 cm³/mol. The molecule has 0 saturated carbocycles. The van der Waals surface area contributed by atoms with Crippen LogP contribution in [-0.4, -0.2) is 36.6 Å². The second-order valence-corrected chi connectivity index (χ2v) is 8.57. The number of unbranched alkanes of at least 4 members (excludes halogenated alkanes) is 10. The summed E-state index contributed by atoms with van der Waals surface area (Å²) in [7, 11) is 0. The lowest BCUT2D eigenvalue weighted by Crippen LogP contribution is -1.97. The van der Waals surface area contributed by atoms with Crippen molar-refractivity contribution in [2.45, 2.75) is 77.0 Å². The monoisotopic (exact) mass is 470 g/mol. The van der Waals surface area contributed by atoms with E-state index >= 15 is 0 Å². The van der Waals surface area contributed by atoms with E-state index in [2.05, 4.69) is 10.2 Å². The Balaban J connectivity index is 1.60. The third-order valence-electron chi connectivity index (χ3n) is 5.60. The molecule has 2 rings (SSSR count). The molecule has 6 heteroatoms. The molecule has 0 aromatic heterocycles. The fraction of sp³-hybridized carbons (Fsp3) is 0.571. The van der Waals surface area contributed by atoms with Gasteiger partial charge >= 0.3 is 0 Å². The minimum absolute atomic E-state index is 0.300.